The van der Waals surface area contributed by atoms with Crippen molar-refractivity contribution in [2.24, 2.45) is 0 Å². The maximum atomic E-state index is 12.4. The molecule has 2 fully saturated rings. The van der Waals surface area contributed by atoms with Crippen molar-refractivity contribution in [2.45, 2.75) is 38.1 Å². The number of benzene rings is 1. The largest absolute Gasteiger partial charge is 0.484 e. The molecule has 7 heteroatoms. The number of carbonyl (C=O) groups is 3. The van der Waals surface area contributed by atoms with Crippen molar-refractivity contribution in [3.63, 3.8) is 0 Å². The summed E-state index contributed by atoms with van der Waals surface area (Å²) in [5.74, 6) is -0.711. The Morgan fingerprint density at radius 2 is 2.04 bits per heavy atom. The number of aliphatic carboxylic acids is 1. The number of piperidine rings is 1. The van der Waals surface area contributed by atoms with Crippen LogP contribution in [0.2, 0.25) is 0 Å². The molecule has 0 radical (unpaired) electrons. The Labute approximate surface area is 146 Å². The molecule has 0 spiro atoms. The third-order valence-corrected chi connectivity index (χ3v) is 4.67. The van der Waals surface area contributed by atoms with Crippen LogP contribution in [0.5, 0.6) is 5.75 Å². The maximum Gasteiger partial charge on any atom is 0.326 e. The summed E-state index contributed by atoms with van der Waals surface area (Å²) in [5.41, 5.74) is 0.758. The second-order valence-corrected chi connectivity index (χ2v) is 6.37. The fourth-order valence-electron chi connectivity index (χ4n) is 3.38. The highest BCUT2D eigenvalue weighted by molar-refractivity contribution is 5.95. The second-order valence-electron chi connectivity index (χ2n) is 6.37. The Morgan fingerprint density at radius 3 is 2.76 bits per heavy atom. The predicted molar refractivity (Wildman–Crippen MR) is 90.5 cm³/mol. The number of anilines is 1. The maximum absolute atomic E-state index is 12.4. The molecule has 0 saturated carbocycles. The van der Waals surface area contributed by atoms with Gasteiger partial charge in [-0.25, -0.2) is 4.79 Å². The predicted octanol–water partition coefficient (Wildman–Crippen LogP) is 1.66. The zero-order valence-corrected chi connectivity index (χ0v) is 14.0. The molecule has 0 bridgehead atoms. The third-order valence-electron chi connectivity index (χ3n) is 4.67. The molecular weight excluding hydrogens is 324 g/mol. The highest BCUT2D eigenvalue weighted by Crippen LogP contribution is 2.25. The monoisotopic (exact) mass is 346 g/mol. The molecule has 2 aliphatic heterocycles. The Hall–Kier alpha value is -2.57. The first-order valence-electron chi connectivity index (χ1n) is 8.62. The first-order chi connectivity index (χ1) is 12.1. The van der Waals surface area contributed by atoms with E-state index in [-0.39, 0.29) is 18.4 Å². The van der Waals surface area contributed by atoms with Gasteiger partial charge in [0.2, 0.25) is 5.91 Å². The van der Waals surface area contributed by atoms with Gasteiger partial charge in [-0.1, -0.05) is 6.07 Å². The van der Waals surface area contributed by atoms with Gasteiger partial charge < -0.3 is 19.6 Å². The Bertz CT molecular complexity index is 675. The zero-order valence-electron chi connectivity index (χ0n) is 14.0. The van der Waals surface area contributed by atoms with Crippen LogP contribution >= 0.6 is 0 Å². The van der Waals surface area contributed by atoms with E-state index in [9.17, 15) is 19.5 Å². The van der Waals surface area contributed by atoms with E-state index in [0.717, 1.165) is 24.9 Å². The van der Waals surface area contributed by atoms with Gasteiger partial charge in [-0.15, -0.1) is 0 Å². The standard InChI is InChI=1S/C18H22N2O5/c21-16-8-4-10-19(16)13-5-3-6-14(11-13)25-12-17(22)20-9-2-1-7-15(20)18(23)24/h3,5-6,11,15H,1-2,4,7-10,12H2,(H,23,24). The normalized spacial score (nSPS) is 20.6. The molecule has 1 atom stereocenters. The van der Waals surface area contributed by atoms with E-state index in [1.807, 2.05) is 6.07 Å². The van der Waals surface area contributed by atoms with Gasteiger partial charge in [0, 0.05) is 31.3 Å². The number of rotatable bonds is 5. The van der Waals surface area contributed by atoms with Gasteiger partial charge in [-0.2, -0.15) is 0 Å². The van der Waals surface area contributed by atoms with Crippen molar-refractivity contribution in [2.75, 3.05) is 24.6 Å². The van der Waals surface area contributed by atoms with Gasteiger partial charge in [-0.3, -0.25) is 9.59 Å². The second kappa shape index (κ2) is 7.55. The number of hydrogen-bond donors (Lipinski definition) is 1. The van der Waals surface area contributed by atoms with Crippen molar-refractivity contribution in [1.82, 2.24) is 4.90 Å². The molecule has 0 aliphatic carbocycles. The third kappa shape index (κ3) is 3.92. The summed E-state index contributed by atoms with van der Waals surface area (Å²) in [6.07, 6.45) is 3.49. The van der Waals surface area contributed by atoms with Gasteiger partial charge >= 0.3 is 5.97 Å². The van der Waals surface area contributed by atoms with Crippen molar-refractivity contribution in [3.05, 3.63) is 24.3 Å². The van der Waals surface area contributed by atoms with Gasteiger partial charge in [0.25, 0.3) is 5.91 Å². The molecule has 2 heterocycles. The van der Waals surface area contributed by atoms with Crippen LogP contribution < -0.4 is 9.64 Å². The Balaban J connectivity index is 1.62. The topological polar surface area (TPSA) is 87.2 Å². The molecule has 2 saturated heterocycles. The molecule has 0 aromatic heterocycles. The summed E-state index contributed by atoms with van der Waals surface area (Å²) in [6.45, 7) is 0.929. The first kappa shape index (κ1) is 17.3. The number of hydrogen-bond acceptors (Lipinski definition) is 4. The van der Waals surface area contributed by atoms with Gasteiger partial charge in [0.15, 0.2) is 6.61 Å². The first-order valence-corrected chi connectivity index (χ1v) is 8.62. The molecule has 1 aromatic rings. The fraction of sp³-hybridized carbons (Fsp3) is 0.500. The van der Waals surface area contributed by atoms with Crippen LogP contribution in [0.4, 0.5) is 5.69 Å². The van der Waals surface area contributed by atoms with Gasteiger partial charge in [0.05, 0.1) is 0 Å². The summed E-state index contributed by atoms with van der Waals surface area (Å²) in [4.78, 5) is 38.6. The van der Waals surface area contributed by atoms with E-state index in [0.29, 0.717) is 31.7 Å². The number of amides is 2. The van der Waals surface area contributed by atoms with Crippen LogP contribution in [0, 0.1) is 0 Å². The fourth-order valence-corrected chi connectivity index (χ4v) is 3.38. The molecule has 1 unspecified atom stereocenters. The van der Waals surface area contributed by atoms with E-state index >= 15 is 0 Å². The minimum Gasteiger partial charge on any atom is -0.484 e. The Kier molecular flexibility index (Phi) is 5.21. The summed E-state index contributed by atoms with van der Waals surface area (Å²) < 4.78 is 5.56. The lowest BCUT2D eigenvalue weighted by molar-refractivity contribution is -0.152. The van der Waals surface area contributed by atoms with E-state index < -0.39 is 12.0 Å². The molecule has 2 amide bonds. The quantitative estimate of drug-likeness (QED) is 0.876. The van der Waals surface area contributed by atoms with Crippen LogP contribution in [-0.2, 0) is 14.4 Å². The molecule has 1 aromatic carbocycles. The lowest BCUT2D eigenvalue weighted by Crippen LogP contribution is -2.49. The molecular formula is C18H22N2O5. The summed E-state index contributed by atoms with van der Waals surface area (Å²) >= 11 is 0. The van der Waals surface area contributed by atoms with Crippen LogP contribution in [0.25, 0.3) is 0 Å². The lowest BCUT2D eigenvalue weighted by Gasteiger charge is -2.32. The number of nitrogens with zero attached hydrogens (tertiary/aromatic N) is 2. The molecule has 134 valence electrons. The smallest absolute Gasteiger partial charge is 0.326 e. The van der Waals surface area contributed by atoms with E-state index in [1.54, 1.807) is 23.1 Å². The number of carboxylic acid groups (broad SMARTS) is 1. The van der Waals surface area contributed by atoms with Gasteiger partial charge in [0.1, 0.15) is 11.8 Å². The van der Waals surface area contributed by atoms with Crippen LogP contribution in [-0.4, -0.2) is 53.5 Å². The van der Waals surface area contributed by atoms with E-state index in [2.05, 4.69) is 0 Å². The number of carboxylic acids is 1. The van der Waals surface area contributed by atoms with Crippen LogP contribution in [0.1, 0.15) is 32.1 Å². The lowest BCUT2D eigenvalue weighted by atomic mass is 10.0. The van der Waals surface area contributed by atoms with Crippen molar-refractivity contribution >= 4 is 23.5 Å². The summed E-state index contributed by atoms with van der Waals surface area (Å²) in [5, 5.41) is 9.25. The highest BCUT2D eigenvalue weighted by atomic mass is 16.5. The van der Waals surface area contributed by atoms with Crippen molar-refractivity contribution in [1.29, 1.82) is 0 Å². The number of likely N-dealkylation sites (tertiary alicyclic amines) is 1. The average Bonchev–Trinajstić information content (AvgIpc) is 3.06. The number of carbonyl (C=O) groups excluding carboxylic acids is 2. The average molecular weight is 346 g/mol. The van der Waals surface area contributed by atoms with Crippen molar-refractivity contribution in [3.8, 4) is 5.75 Å². The molecule has 7 nitrogen and oxygen atoms in total. The molecule has 2 aliphatic rings. The molecule has 3 rings (SSSR count). The minimum absolute atomic E-state index is 0.0887. The van der Waals surface area contributed by atoms with Crippen molar-refractivity contribution < 1.29 is 24.2 Å². The highest BCUT2D eigenvalue weighted by Gasteiger charge is 2.32. The zero-order chi connectivity index (χ0) is 17.8. The SMILES string of the molecule is O=C(O)C1CCCCN1C(=O)COc1cccc(N2CCCC2=O)c1. The van der Waals surface area contributed by atoms with E-state index in [4.69, 9.17) is 4.74 Å². The van der Waals surface area contributed by atoms with E-state index in [1.165, 1.54) is 4.90 Å². The van der Waals surface area contributed by atoms with Gasteiger partial charge in [-0.05, 0) is 37.8 Å². The van der Waals surface area contributed by atoms with Crippen LogP contribution in [0.15, 0.2) is 24.3 Å². The number of ether oxygens (including phenoxy) is 1. The van der Waals surface area contributed by atoms with Crippen LogP contribution in [0.3, 0.4) is 0 Å². The Morgan fingerprint density at radius 1 is 1.20 bits per heavy atom. The summed E-state index contributed by atoms with van der Waals surface area (Å²) in [6, 6.07) is 6.31. The molecule has 25 heavy (non-hydrogen) atoms. The molecule has 1 N–H and O–H groups in total. The minimum atomic E-state index is -0.970. The summed E-state index contributed by atoms with van der Waals surface area (Å²) in [7, 11) is 0.